The number of amides is 2. The molecule has 0 radical (unpaired) electrons. The van der Waals surface area contributed by atoms with Gasteiger partial charge in [0, 0.05) is 32.7 Å². The minimum atomic E-state index is 0.0994. The van der Waals surface area contributed by atoms with Crippen LogP contribution < -0.4 is 5.32 Å². The van der Waals surface area contributed by atoms with E-state index in [0.717, 1.165) is 52.1 Å². The first kappa shape index (κ1) is 14.9. The normalized spacial score (nSPS) is 15.5. The van der Waals surface area contributed by atoms with Crippen molar-refractivity contribution in [2.24, 2.45) is 0 Å². The average molecular weight is 275 g/mol. The van der Waals surface area contributed by atoms with E-state index in [1.54, 1.807) is 0 Å². The van der Waals surface area contributed by atoms with E-state index in [9.17, 15) is 4.79 Å². The molecule has 1 aliphatic rings. The van der Waals surface area contributed by atoms with Gasteiger partial charge in [-0.1, -0.05) is 37.3 Å². The summed E-state index contributed by atoms with van der Waals surface area (Å²) in [6.07, 6.45) is 2.10. The second-order valence-electron chi connectivity index (χ2n) is 5.28. The molecular weight excluding hydrogens is 250 g/mol. The Morgan fingerprint density at radius 1 is 1.30 bits per heavy atom. The van der Waals surface area contributed by atoms with Crippen molar-refractivity contribution in [3.05, 3.63) is 35.9 Å². The van der Waals surface area contributed by atoms with Gasteiger partial charge >= 0.3 is 6.03 Å². The SMILES string of the molecule is CCN(CCCN1CCCNC1=O)Cc1ccccc1. The number of nitrogens with zero attached hydrogens (tertiary/aromatic N) is 2. The summed E-state index contributed by atoms with van der Waals surface area (Å²) in [5.74, 6) is 0. The maximum absolute atomic E-state index is 11.6. The minimum Gasteiger partial charge on any atom is -0.338 e. The van der Waals surface area contributed by atoms with Crippen LogP contribution in [0.2, 0.25) is 0 Å². The third-order valence-electron chi connectivity index (χ3n) is 3.77. The lowest BCUT2D eigenvalue weighted by molar-refractivity contribution is 0.180. The maximum Gasteiger partial charge on any atom is 0.317 e. The van der Waals surface area contributed by atoms with E-state index in [2.05, 4.69) is 47.5 Å². The van der Waals surface area contributed by atoms with Gasteiger partial charge in [-0.3, -0.25) is 4.90 Å². The van der Waals surface area contributed by atoms with E-state index in [4.69, 9.17) is 0 Å². The monoisotopic (exact) mass is 275 g/mol. The molecule has 0 spiro atoms. The van der Waals surface area contributed by atoms with Gasteiger partial charge < -0.3 is 10.2 Å². The van der Waals surface area contributed by atoms with E-state index < -0.39 is 0 Å². The molecule has 110 valence electrons. The highest BCUT2D eigenvalue weighted by Gasteiger charge is 2.16. The molecule has 1 saturated heterocycles. The predicted octanol–water partition coefficient (Wildman–Crippen LogP) is 2.31. The molecule has 1 N–H and O–H groups in total. The number of urea groups is 1. The zero-order valence-corrected chi connectivity index (χ0v) is 12.3. The molecular formula is C16H25N3O. The van der Waals surface area contributed by atoms with Crippen molar-refractivity contribution < 1.29 is 4.79 Å². The Balaban J connectivity index is 1.72. The van der Waals surface area contributed by atoms with Crippen molar-refractivity contribution in [1.29, 1.82) is 0 Å². The van der Waals surface area contributed by atoms with Crippen LogP contribution in [-0.4, -0.2) is 48.6 Å². The fourth-order valence-corrected chi connectivity index (χ4v) is 2.57. The third kappa shape index (κ3) is 4.53. The minimum absolute atomic E-state index is 0.0994. The van der Waals surface area contributed by atoms with Gasteiger partial charge in [-0.05, 0) is 24.9 Å². The van der Waals surface area contributed by atoms with Crippen LogP contribution in [0.3, 0.4) is 0 Å². The van der Waals surface area contributed by atoms with Gasteiger partial charge in [-0.2, -0.15) is 0 Å². The predicted molar refractivity (Wildman–Crippen MR) is 81.6 cm³/mol. The molecule has 1 aromatic carbocycles. The largest absolute Gasteiger partial charge is 0.338 e. The van der Waals surface area contributed by atoms with E-state index in [-0.39, 0.29) is 6.03 Å². The molecule has 4 heteroatoms. The van der Waals surface area contributed by atoms with Crippen molar-refractivity contribution in [3.63, 3.8) is 0 Å². The molecule has 2 amide bonds. The zero-order valence-electron chi connectivity index (χ0n) is 12.3. The van der Waals surface area contributed by atoms with Gasteiger partial charge in [-0.15, -0.1) is 0 Å². The second kappa shape index (κ2) is 7.90. The van der Waals surface area contributed by atoms with Gasteiger partial charge in [0.05, 0.1) is 0 Å². The lowest BCUT2D eigenvalue weighted by Crippen LogP contribution is -2.47. The summed E-state index contributed by atoms with van der Waals surface area (Å²) in [4.78, 5) is 16.0. The summed E-state index contributed by atoms with van der Waals surface area (Å²) in [6, 6.07) is 10.7. The van der Waals surface area contributed by atoms with Crippen molar-refractivity contribution >= 4 is 6.03 Å². The van der Waals surface area contributed by atoms with Crippen LogP contribution in [0.25, 0.3) is 0 Å². The Morgan fingerprint density at radius 2 is 2.10 bits per heavy atom. The molecule has 20 heavy (non-hydrogen) atoms. The fourth-order valence-electron chi connectivity index (χ4n) is 2.57. The summed E-state index contributed by atoms with van der Waals surface area (Å²) >= 11 is 0. The first-order valence-electron chi connectivity index (χ1n) is 7.58. The van der Waals surface area contributed by atoms with Crippen LogP contribution in [-0.2, 0) is 6.54 Å². The second-order valence-corrected chi connectivity index (χ2v) is 5.28. The molecule has 2 rings (SSSR count). The van der Waals surface area contributed by atoms with E-state index >= 15 is 0 Å². The molecule has 1 aliphatic heterocycles. The summed E-state index contributed by atoms with van der Waals surface area (Å²) in [7, 11) is 0. The number of rotatable bonds is 7. The standard InChI is InChI=1S/C16H25N3O/c1-2-18(14-15-8-4-3-5-9-15)11-7-13-19-12-6-10-17-16(19)20/h3-5,8-9H,2,6-7,10-14H2,1H3,(H,17,20). The summed E-state index contributed by atoms with van der Waals surface area (Å²) in [5, 5.41) is 2.90. The first-order valence-corrected chi connectivity index (χ1v) is 7.58. The Hall–Kier alpha value is -1.55. The molecule has 1 aromatic rings. The van der Waals surface area contributed by atoms with Crippen molar-refractivity contribution in [2.45, 2.75) is 26.3 Å². The highest BCUT2D eigenvalue weighted by molar-refractivity contribution is 5.74. The van der Waals surface area contributed by atoms with Crippen LogP contribution in [0.5, 0.6) is 0 Å². The van der Waals surface area contributed by atoms with E-state index in [0.29, 0.717) is 0 Å². The number of benzene rings is 1. The topological polar surface area (TPSA) is 35.6 Å². The molecule has 0 saturated carbocycles. The molecule has 0 aromatic heterocycles. The number of carbonyl (C=O) groups is 1. The highest BCUT2D eigenvalue weighted by atomic mass is 16.2. The average Bonchev–Trinajstić information content (AvgIpc) is 2.49. The fraction of sp³-hybridized carbons (Fsp3) is 0.562. The van der Waals surface area contributed by atoms with Crippen LogP contribution >= 0.6 is 0 Å². The van der Waals surface area contributed by atoms with Crippen LogP contribution in [0.4, 0.5) is 4.79 Å². The number of hydrogen-bond donors (Lipinski definition) is 1. The summed E-state index contributed by atoms with van der Waals surface area (Å²) in [6.45, 7) is 7.84. The van der Waals surface area contributed by atoms with Gasteiger partial charge in [-0.25, -0.2) is 4.79 Å². The third-order valence-corrected chi connectivity index (χ3v) is 3.77. The molecule has 0 bridgehead atoms. The lowest BCUT2D eigenvalue weighted by atomic mass is 10.2. The van der Waals surface area contributed by atoms with Crippen LogP contribution in [0.1, 0.15) is 25.3 Å². The zero-order chi connectivity index (χ0) is 14.2. The first-order chi connectivity index (χ1) is 9.79. The molecule has 4 nitrogen and oxygen atoms in total. The van der Waals surface area contributed by atoms with E-state index in [1.165, 1.54) is 5.56 Å². The molecule has 1 heterocycles. The van der Waals surface area contributed by atoms with E-state index in [1.807, 2.05) is 4.90 Å². The van der Waals surface area contributed by atoms with Gasteiger partial charge in [0.2, 0.25) is 0 Å². The number of carbonyl (C=O) groups excluding carboxylic acids is 1. The van der Waals surface area contributed by atoms with Crippen LogP contribution in [0.15, 0.2) is 30.3 Å². The van der Waals surface area contributed by atoms with Crippen molar-refractivity contribution in [3.8, 4) is 0 Å². The van der Waals surface area contributed by atoms with Crippen LogP contribution in [0, 0.1) is 0 Å². The maximum atomic E-state index is 11.6. The Bertz CT molecular complexity index is 407. The number of nitrogens with one attached hydrogen (secondary N) is 1. The van der Waals surface area contributed by atoms with Gasteiger partial charge in [0.15, 0.2) is 0 Å². The Labute approximate surface area is 121 Å². The molecule has 1 fully saturated rings. The quantitative estimate of drug-likeness (QED) is 0.829. The van der Waals surface area contributed by atoms with Gasteiger partial charge in [0.25, 0.3) is 0 Å². The summed E-state index contributed by atoms with van der Waals surface area (Å²) < 4.78 is 0. The van der Waals surface area contributed by atoms with Gasteiger partial charge in [0.1, 0.15) is 0 Å². The van der Waals surface area contributed by atoms with Crippen molar-refractivity contribution in [1.82, 2.24) is 15.1 Å². The smallest absolute Gasteiger partial charge is 0.317 e. The number of hydrogen-bond acceptors (Lipinski definition) is 2. The molecule has 0 aliphatic carbocycles. The highest BCUT2D eigenvalue weighted by Crippen LogP contribution is 2.06. The lowest BCUT2D eigenvalue weighted by Gasteiger charge is -2.28. The van der Waals surface area contributed by atoms with Crippen molar-refractivity contribution in [2.75, 3.05) is 32.7 Å². The molecule has 0 atom stereocenters. The molecule has 0 unspecified atom stereocenters. The Morgan fingerprint density at radius 3 is 2.80 bits per heavy atom. The Kier molecular flexibility index (Phi) is 5.87. The summed E-state index contributed by atoms with van der Waals surface area (Å²) in [5.41, 5.74) is 1.35.